The Hall–Kier alpha value is -2.70. The van der Waals surface area contributed by atoms with Gasteiger partial charge in [-0.3, -0.25) is 9.36 Å². The van der Waals surface area contributed by atoms with E-state index in [-0.39, 0.29) is 17.5 Å². The van der Waals surface area contributed by atoms with Crippen molar-refractivity contribution >= 4 is 62.3 Å². The largest absolute Gasteiger partial charge is 0.402 e. The fourth-order valence-electron chi connectivity index (χ4n) is 2.88. The molecular formula is C20H12BrClN2O3. The van der Waals surface area contributed by atoms with Gasteiger partial charge in [-0.25, -0.2) is 9.79 Å². The molecule has 1 aliphatic rings. The van der Waals surface area contributed by atoms with Crippen LogP contribution >= 0.6 is 27.5 Å². The number of nitrogens with zero attached hydrogens (tertiary/aromatic N) is 2. The van der Waals surface area contributed by atoms with Gasteiger partial charge in [-0.2, -0.15) is 0 Å². The Labute approximate surface area is 168 Å². The highest BCUT2D eigenvalue weighted by molar-refractivity contribution is 9.10. The van der Waals surface area contributed by atoms with Gasteiger partial charge in [-0.15, -0.1) is 0 Å². The van der Waals surface area contributed by atoms with Crippen LogP contribution in [0.1, 0.15) is 22.8 Å². The lowest BCUT2D eigenvalue weighted by Gasteiger charge is -1.98. The molecule has 3 aromatic rings. The molecule has 1 aliphatic heterocycles. The third-order valence-electron chi connectivity index (χ3n) is 4.14. The fraction of sp³-hybridized carbons (Fsp3) is 0.0500. The van der Waals surface area contributed by atoms with Crippen LogP contribution in [0.5, 0.6) is 0 Å². The monoisotopic (exact) mass is 442 g/mol. The number of benzene rings is 2. The number of ether oxygens (including phenoxy) is 1. The van der Waals surface area contributed by atoms with Gasteiger partial charge in [0.05, 0.1) is 5.52 Å². The summed E-state index contributed by atoms with van der Waals surface area (Å²) in [6.45, 7) is 1.49. The first-order chi connectivity index (χ1) is 12.9. The van der Waals surface area contributed by atoms with E-state index in [1.807, 2.05) is 18.2 Å². The van der Waals surface area contributed by atoms with Gasteiger partial charge in [0.1, 0.15) is 0 Å². The number of halogens is 2. The Balaban J connectivity index is 1.81. The van der Waals surface area contributed by atoms with Crippen LogP contribution in [0.2, 0.25) is 5.02 Å². The second-order valence-corrected chi connectivity index (χ2v) is 7.33. The lowest BCUT2D eigenvalue weighted by Crippen LogP contribution is -2.05. The molecule has 0 unspecified atom stereocenters. The molecular weight excluding hydrogens is 432 g/mol. The molecule has 4 rings (SSSR count). The molecule has 0 bridgehead atoms. The van der Waals surface area contributed by atoms with Gasteiger partial charge in [0.2, 0.25) is 11.8 Å². The Morgan fingerprint density at radius 1 is 1.22 bits per heavy atom. The highest BCUT2D eigenvalue weighted by Gasteiger charge is 2.25. The van der Waals surface area contributed by atoms with Gasteiger partial charge in [0.15, 0.2) is 5.70 Å². The molecule has 0 spiro atoms. The molecule has 5 nitrogen and oxygen atoms in total. The third-order valence-corrected chi connectivity index (χ3v) is 4.89. The van der Waals surface area contributed by atoms with E-state index in [1.54, 1.807) is 36.5 Å². The Morgan fingerprint density at radius 3 is 2.67 bits per heavy atom. The van der Waals surface area contributed by atoms with E-state index in [4.69, 9.17) is 16.3 Å². The molecule has 0 fully saturated rings. The summed E-state index contributed by atoms with van der Waals surface area (Å²) < 4.78 is 7.69. The van der Waals surface area contributed by atoms with E-state index in [1.165, 1.54) is 11.5 Å². The number of aromatic nitrogens is 1. The van der Waals surface area contributed by atoms with Crippen LogP contribution in [0.15, 0.2) is 63.8 Å². The highest BCUT2D eigenvalue weighted by Crippen LogP contribution is 2.28. The zero-order chi connectivity index (χ0) is 19.1. The highest BCUT2D eigenvalue weighted by atomic mass is 79.9. The number of carbonyl (C=O) groups is 2. The molecule has 0 saturated heterocycles. The second-order valence-electron chi connectivity index (χ2n) is 5.98. The number of hydrogen-bond acceptors (Lipinski definition) is 4. The summed E-state index contributed by atoms with van der Waals surface area (Å²) in [5, 5.41) is 1.41. The number of hydrogen-bond donors (Lipinski definition) is 0. The Kier molecular flexibility index (Phi) is 4.45. The quantitative estimate of drug-likeness (QED) is 0.411. The molecule has 2 aromatic carbocycles. The van der Waals surface area contributed by atoms with Crippen molar-refractivity contribution in [3.05, 3.63) is 75.0 Å². The second kappa shape index (κ2) is 6.79. The lowest BCUT2D eigenvalue weighted by atomic mass is 10.1. The summed E-state index contributed by atoms with van der Waals surface area (Å²) in [6, 6.07) is 12.5. The van der Waals surface area contributed by atoms with Crippen molar-refractivity contribution in [1.29, 1.82) is 0 Å². The van der Waals surface area contributed by atoms with Crippen molar-refractivity contribution in [2.45, 2.75) is 6.92 Å². The summed E-state index contributed by atoms with van der Waals surface area (Å²) in [4.78, 5) is 28.5. The number of aliphatic imine (C=N–C) groups is 1. The summed E-state index contributed by atoms with van der Waals surface area (Å²) in [6.07, 6.45) is 3.31. The van der Waals surface area contributed by atoms with Crippen LogP contribution in [-0.2, 0) is 9.53 Å². The maximum absolute atomic E-state index is 12.3. The van der Waals surface area contributed by atoms with E-state index in [0.29, 0.717) is 16.1 Å². The van der Waals surface area contributed by atoms with Crippen molar-refractivity contribution < 1.29 is 14.3 Å². The van der Waals surface area contributed by atoms with Crippen LogP contribution in [0, 0.1) is 0 Å². The Bertz CT molecular complexity index is 1160. The predicted octanol–water partition coefficient (Wildman–Crippen LogP) is 5.06. The van der Waals surface area contributed by atoms with E-state index >= 15 is 0 Å². The minimum absolute atomic E-state index is 0.119. The van der Waals surface area contributed by atoms with Gasteiger partial charge in [-0.05, 0) is 48.5 Å². The van der Waals surface area contributed by atoms with Crippen LogP contribution in [0.25, 0.3) is 17.0 Å². The average Bonchev–Trinajstić information content (AvgIpc) is 3.17. The first kappa shape index (κ1) is 17.7. The molecule has 0 amide bonds. The van der Waals surface area contributed by atoms with Gasteiger partial charge >= 0.3 is 5.97 Å². The molecule has 1 aromatic heterocycles. The fourth-order valence-corrected chi connectivity index (χ4v) is 3.36. The molecule has 27 heavy (non-hydrogen) atoms. The minimum Gasteiger partial charge on any atom is -0.402 e. The first-order valence-corrected chi connectivity index (χ1v) is 9.19. The van der Waals surface area contributed by atoms with Crippen molar-refractivity contribution in [3.63, 3.8) is 0 Å². The smallest absolute Gasteiger partial charge is 0.363 e. The SMILES string of the molecule is CC(=O)n1cc(C=C2N=C(c3ccc(Cl)cc3)OC2=O)c2cc(Br)ccc21. The van der Waals surface area contributed by atoms with Crippen LogP contribution in [-0.4, -0.2) is 22.3 Å². The van der Waals surface area contributed by atoms with E-state index in [9.17, 15) is 9.59 Å². The number of rotatable bonds is 2. The topological polar surface area (TPSA) is 60.7 Å². The zero-order valence-electron chi connectivity index (χ0n) is 14.1. The van der Waals surface area contributed by atoms with Crippen LogP contribution < -0.4 is 0 Å². The van der Waals surface area contributed by atoms with E-state index in [2.05, 4.69) is 20.9 Å². The first-order valence-electron chi connectivity index (χ1n) is 8.02. The Morgan fingerprint density at radius 2 is 1.96 bits per heavy atom. The summed E-state index contributed by atoms with van der Waals surface area (Å²) in [5.41, 5.74) is 2.29. The molecule has 0 radical (unpaired) electrons. The molecule has 0 saturated carbocycles. The molecule has 2 heterocycles. The number of carbonyl (C=O) groups excluding carboxylic acids is 2. The van der Waals surface area contributed by atoms with Gasteiger partial charge < -0.3 is 4.74 Å². The number of esters is 1. The van der Waals surface area contributed by atoms with Crippen molar-refractivity contribution in [1.82, 2.24) is 4.57 Å². The minimum atomic E-state index is -0.543. The average molecular weight is 444 g/mol. The molecule has 0 N–H and O–H groups in total. The summed E-state index contributed by atoms with van der Waals surface area (Å²) in [5.74, 6) is -0.440. The van der Waals surface area contributed by atoms with Crippen molar-refractivity contribution in [3.8, 4) is 0 Å². The van der Waals surface area contributed by atoms with Gasteiger partial charge in [0.25, 0.3) is 0 Å². The van der Waals surface area contributed by atoms with E-state index < -0.39 is 5.97 Å². The van der Waals surface area contributed by atoms with Crippen LogP contribution in [0.4, 0.5) is 0 Å². The molecule has 134 valence electrons. The predicted molar refractivity (Wildman–Crippen MR) is 108 cm³/mol. The maximum Gasteiger partial charge on any atom is 0.363 e. The van der Waals surface area contributed by atoms with E-state index in [0.717, 1.165) is 15.4 Å². The van der Waals surface area contributed by atoms with Crippen LogP contribution in [0.3, 0.4) is 0 Å². The van der Waals surface area contributed by atoms with Gasteiger partial charge in [-0.1, -0.05) is 27.5 Å². The molecule has 7 heteroatoms. The zero-order valence-corrected chi connectivity index (χ0v) is 16.4. The summed E-state index contributed by atoms with van der Waals surface area (Å²) in [7, 11) is 0. The number of cyclic esters (lactones) is 1. The maximum atomic E-state index is 12.3. The molecule has 0 aliphatic carbocycles. The van der Waals surface area contributed by atoms with Gasteiger partial charge in [0, 0.05) is 39.1 Å². The normalized spacial score (nSPS) is 15.3. The summed E-state index contributed by atoms with van der Waals surface area (Å²) >= 11 is 9.32. The lowest BCUT2D eigenvalue weighted by molar-refractivity contribution is -0.129. The van der Waals surface area contributed by atoms with Crippen molar-refractivity contribution in [2.75, 3.05) is 0 Å². The number of fused-ring (bicyclic) bond motifs is 1. The third kappa shape index (κ3) is 3.34. The standard InChI is InChI=1S/C20H12BrClN2O3/c1-11(25)24-10-13(16-9-14(21)4-7-18(16)24)8-17-20(26)27-19(23-17)12-2-5-15(22)6-3-12/h2-10H,1H3. The molecule has 0 atom stereocenters. The van der Waals surface area contributed by atoms with Crippen molar-refractivity contribution in [2.24, 2.45) is 4.99 Å².